The number of hydrogen-bond donors (Lipinski definition) is 0. The van der Waals surface area contributed by atoms with Crippen molar-refractivity contribution in [2.24, 2.45) is 5.16 Å². The molecule has 3 fully saturated rings. The zero-order valence-electron chi connectivity index (χ0n) is 18.3. The summed E-state index contributed by atoms with van der Waals surface area (Å²) < 4.78 is 36.3. The van der Waals surface area contributed by atoms with Crippen LogP contribution in [0.5, 0.6) is 0 Å². The first-order valence-electron chi connectivity index (χ1n) is 10.6. The van der Waals surface area contributed by atoms with Gasteiger partial charge in [-0.1, -0.05) is 42.1 Å². The molecule has 31 heavy (non-hydrogen) atoms. The molecule has 0 spiro atoms. The molecule has 8 heteroatoms. The van der Waals surface area contributed by atoms with Crippen molar-refractivity contribution in [3.8, 4) is 0 Å². The monoisotopic (exact) mass is 431 g/mol. The lowest BCUT2D eigenvalue weighted by atomic mass is 10.0. The minimum atomic E-state index is -0.767. The van der Waals surface area contributed by atoms with Gasteiger partial charge >= 0.3 is 0 Å². The molecule has 0 radical (unpaired) electrons. The lowest BCUT2D eigenvalue weighted by molar-refractivity contribution is -0.251. The van der Waals surface area contributed by atoms with E-state index in [2.05, 4.69) is 11.7 Å². The molecule has 0 aliphatic carbocycles. The molecule has 1 aromatic rings. The van der Waals surface area contributed by atoms with Crippen LogP contribution in [0.2, 0.25) is 0 Å². The number of benzene rings is 1. The second-order valence-electron chi connectivity index (χ2n) is 9.21. The maximum Gasteiger partial charge on any atom is 0.249 e. The van der Waals surface area contributed by atoms with E-state index in [1.54, 1.807) is 0 Å². The van der Waals surface area contributed by atoms with Crippen molar-refractivity contribution in [1.29, 1.82) is 0 Å². The fraction of sp³-hybridized carbons (Fsp3) is 0.609. The van der Waals surface area contributed by atoms with Gasteiger partial charge in [0.15, 0.2) is 17.9 Å². The predicted octanol–water partition coefficient (Wildman–Crippen LogP) is 3.11. The lowest BCUT2D eigenvalue weighted by Gasteiger charge is -2.32. The molecule has 0 bridgehead atoms. The largest absolute Gasteiger partial charge is 0.359 e. The number of hydrogen-bond acceptors (Lipinski definition) is 8. The van der Waals surface area contributed by atoms with Crippen LogP contribution in [0.1, 0.15) is 39.7 Å². The van der Waals surface area contributed by atoms with Crippen LogP contribution in [-0.2, 0) is 33.3 Å². The van der Waals surface area contributed by atoms with E-state index in [-0.39, 0.29) is 6.10 Å². The summed E-state index contributed by atoms with van der Waals surface area (Å²) in [7, 11) is 0. The summed E-state index contributed by atoms with van der Waals surface area (Å²) >= 11 is 0. The Morgan fingerprint density at radius 3 is 2.45 bits per heavy atom. The molecule has 168 valence electrons. The van der Waals surface area contributed by atoms with Gasteiger partial charge in [0.1, 0.15) is 24.4 Å². The van der Waals surface area contributed by atoms with Gasteiger partial charge in [0, 0.05) is 6.42 Å². The number of rotatable bonds is 4. The molecule has 4 aliphatic rings. The van der Waals surface area contributed by atoms with E-state index in [9.17, 15) is 0 Å². The highest BCUT2D eigenvalue weighted by atomic mass is 16.9. The van der Waals surface area contributed by atoms with Crippen LogP contribution in [0.4, 0.5) is 0 Å². The van der Waals surface area contributed by atoms with Crippen LogP contribution >= 0.6 is 0 Å². The van der Waals surface area contributed by atoms with Crippen molar-refractivity contribution in [2.75, 3.05) is 6.61 Å². The molecule has 0 N–H and O–H groups in total. The van der Waals surface area contributed by atoms with Crippen LogP contribution < -0.4 is 0 Å². The Labute approximate surface area is 182 Å². The molecule has 0 amide bonds. The Bertz CT molecular complexity index is 868. The molecule has 4 heterocycles. The zero-order valence-corrected chi connectivity index (χ0v) is 18.3. The van der Waals surface area contributed by atoms with E-state index in [1.165, 1.54) is 0 Å². The third-order valence-electron chi connectivity index (χ3n) is 5.80. The quantitative estimate of drug-likeness (QED) is 0.678. The number of ether oxygens (including phenoxy) is 6. The normalized spacial score (nSPS) is 38.6. The van der Waals surface area contributed by atoms with Gasteiger partial charge in [0.25, 0.3) is 0 Å². The number of oxime groups is 1. The average Bonchev–Trinajstić information content (AvgIpc) is 3.33. The Hall–Kier alpha value is -1.81. The first kappa shape index (κ1) is 21.1. The highest BCUT2D eigenvalue weighted by Gasteiger charge is 2.59. The van der Waals surface area contributed by atoms with Crippen molar-refractivity contribution in [2.45, 2.75) is 82.7 Å². The molecular weight excluding hydrogens is 402 g/mol. The summed E-state index contributed by atoms with van der Waals surface area (Å²) in [5.74, 6) is -1.45. The topological polar surface area (TPSA) is 77.0 Å². The second-order valence-corrected chi connectivity index (χ2v) is 9.21. The van der Waals surface area contributed by atoms with Gasteiger partial charge in [-0.25, -0.2) is 0 Å². The summed E-state index contributed by atoms with van der Waals surface area (Å²) in [6.45, 7) is 12.0. The molecule has 6 atom stereocenters. The van der Waals surface area contributed by atoms with Crippen molar-refractivity contribution in [1.82, 2.24) is 0 Å². The molecule has 3 saturated heterocycles. The average molecular weight is 431 g/mol. The van der Waals surface area contributed by atoms with E-state index in [4.69, 9.17) is 33.3 Å². The highest BCUT2D eigenvalue weighted by molar-refractivity contribution is 6.01. The molecule has 4 aliphatic heterocycles. The maximum atomic E-state index is 6.35. The van der Waals surface area contributed by atoms with Crippen molar-refractivity contribution < 1.29 is 33.3 Å². The minimum Gasteiger partial charge on any atom is -0.359 e. The van der Waals surface area contributed by atoms with Gasteiger partial charge in [-0.3, -0.25) is 0 Å². The van der Waals surface area contributed by atoms with Crippen LogP contribution in [0.15, 0.2) is 47.6 Å². The fourth-order valence-electron chi connectivity index (χ4n) is 4.40. The van der Waals surface area contributed by atoms with E-state index < -0.39 is 42.5 Å². The van der Waals surface area contributed by atoms with E-state index in [0.29, 0.717) is 13.0 Å². The van der Waals surface area contributed by atoms with Gasteiger partial charge in [0.2, 0.25) is 6.29 Å². The van der Waals surface area contributed by atoms with E-state index in [0.717, 1.165) is 16.8 Å². The van der Waals surface area contributed by atoms with Crippen molar-refractivity contribution >= 4 is 5.71 Å². The maximum absolute atomic E-state index is 6.35. The van der Waals surface area contributed by atoms with Gasteiger partial charge in [-0.05, 0) is 38.8 Å². The summed E-state index contributed by atoms with van der Waals surface area (Å²) in [6, 6.07) is 9.88. The standard InChI is InChI=1S/C23H29NO7/c1-13-11-15(14-9-7-6-8-10-14)24-31-20(13)27-18-17(16-12-25-22(2,3)28-16)26-21-19(18)29-23(4,5)30-21/h6-10,16-21H,1,11-12H2,2-5H3/t16-,17-,18+,19-,20?,21-/m1/s1. The Balaban J connectivity index is 1.34. The van der Waals surface area contributed by atoms with Crippen molar-refractivity contribution in [3.63, 3.8) is 0 Å². The first-order valence-corrected chi connectivity index (χ1v) is 10.6. The zero-order chi connectivity index (χ0) is 21.8. The Kier molecular flexibility index (Phi) is 5.20. The van der Waals surface area contributed by atoms with Crippen LogP contribution in [0.3, 0.4) is 0 Å². The molecule has 1 aromatic carbocycles. The number of nitrogens with zero attached hydrogens (tertiary/aromatic N) is 1. The van der Waals surface area contributed by atoms with Crippen LogP contribution in [-0.4, -0.2) is 60.9 Å². The molecule has 8 nitrogen and oxygen atoms in total. The van der Waals surface area contributed by atoms with Crippen LogP contribution in [0.25, 0.3) is 0 Å². The highest BCUT2D eigenvalue weighted by Crippen LogP contribution is 2.43. The molecule has 1 unspecified atom stereocenters. The lowest BCUT2D eigenvalue weighted by Crippen LogP contribution is -2.46. The second kappa shape index (κ2) is 7.65. The van der Waals surface area contributed by atoms with Crippen LogP contribution in [0, 0.1) is 0 Å². The SMILES string of the molecule is C=C1CC(c2ccccc2)=NOC1O[C@@H]1[C@H]2OC(C)(C)O[C@H]2O[C@@H]1[C@H]1COC(C)(C)O1. The van der Waals surface area contributed by atoms with Crippen molar-refractivity contribution in [3.05, 3.63) is 48.0 Å². The summed E-state index contributed by atoms with van der Waals surface area (Å²) in [4.78, 5) is 5.71. The van der Waals surface area contributed by atoms with Gasteiger partial charge < -0.3 is 33.3 Å². The first-order chi connectivity index (χ1) is 14.7. The fourth-order valence-corrected chi connectivity index (χ4v) is 4.40. The van der Waals surface area contributed by atoms with Gasteiger partial charge in [0.05, 0.1) is 12.3 Å². The smallest absolute Gasteiger partial charge is 0.249 e. The van der Waals surface area contributed by atoms with Gasteiger partial charge in [-0.2, -0.15) is 0 Å². The summed E-state index contributed by atoms with van der Waals surface area (Å²) in [5.41, 5.74) is 2.59. The summed E-state index contributed by atoms with van der Waals surface area (Å²) in [5, 5.41) is 4.30. The minimum absolute atomic E-state index is 0.318. The molecule has 0 saturated carbocycles. The van der Waals surface area contributed by atoms with E-state index >= 15 is 0 Å². The summed E-state index contributed by atoms with van der Waals surface area (Å²) in [6.07, 6.45) is -2.40. The molecule has 0 aromatic heterocycles. The van der Waals surface area contributed by atoms with E-state index in [1.807, 2.05) is 58.0 Å². The Morgan fingerprint density at radius 1 is 1.00 bits per heavy atom. The predicted molar refractivity (Wildman–Crippen MR) is 110 cm³/mol. The third kappa shape index (κ3) is 4.16. The Morgan fingerprint density at radius 2 is 1.77 bits per heavy atom. The van der Waals surface area contributed by atoms with Gasteiger partial charge in [-0.15, -0.1) is 0 Å². The molecule has 5 rings (SSSR count). The third-order valence-corrected chi connectivity index (χ3v) is 5.80. The number of fused-ring (bicyclic) bond motifs is 1. The molecular formula is C23H29NO7.